The van der Waals surface area contributed by atoms with Gasteiger partial charge in [-0.3, -0.25) is 4.98 Å². The van der Waals surface area contributed by atoms with E-state index in [1.165, 1.54) is 5.56 Å². The molecule has 0 aliphatic heterocycles. The van der Waals surface area contributed by atoms with Crippen molar-refractivity contribution in [1.29, 1.82) is 0 Å². The zero-order valence-electron chi connectivity index (χ0n) is 20.7. The summed E-state index contributed by atoms with van der Waals surface area (Å²) in [6.45, 7) is 6.24. The molecule has 0 amide bonds. The lowest BCUT2D eigenvalue weighted by Crippen LogP contribution is -2.10. The van der Waals surface area contributed by atoms with Gasteiger partial charge >= 0.3 is 5.97 Å². The van der Waals surface area contributed by atoms with Crippen LogP contribution in [0.15, 0.2) is 84.9 Å². The van der Waals surface area contributed by atoms with Crippen LogP contribution in [-0.2, 0) is 11.2 Å². The maximum absolute atomic E-state index is 12.6. The molecule has 0 radical (unpaired) electrons. The number of esters is 1. The van der Waals surface area contributed by atoms with Gasteiger partial charge < -0.3 is 10.1 Å². The number of benzene rings is 3. The van der Waals surface area contributed by atoms with Crippen LogP contribution >= 0.6 is 0 Å². The van der Waals surface area contributed by atoms with Gasteiger partial charge in [0.2, 0.25) is 0 Å². The average Bonchev–Trinajstić information content (AvgIpc) is 3.32. The Morgan fingerprint density at radius 1 is 0.944 bits per heavy atom. The molecule has 0 spiro atoms. The van der Waals surface area contributed by atoms with E-state index >= 15 is 0 Å². The largest absolute Gasteiger partial charge is 0.462 e. The van der Waals surface area contributed by atoms with Crippen molar-refractivity contribution in [2.75, 3.05) is 11.9 Å². The lowest BCUT2D eigenvalue weighted by molar-refractivity contribution is 0.0527. The summed E-state index contributed by atoms with van der Waals surface area (Å²) >= 11 is 0. The van der Waals surface area contributed by atoms with Gasteiger partial charge in [0.25, 0.3) is 0 Å². The molecule has 0 unspecified atom stereocenters. The Kier molecular flexibility index (Phi) is 6.50. The molecule has 0 fully saturated rings. The van der Waals surface area contributed by atoms with Crippen LogP contribution in [0.5, 0.6) is 0 Å². The maximum Gasteiger partial charge on any atom is 0.340 e. The molecule has 0 saturated heterocycles. The van der Waals surface area contributed by atoms with Gasteiger partial charge in [-0.05, 0) is 56.2 Å². The van der Waals surface area contributed by atoms with E-state index in [1.54, 1.807) is 13.0 Å². The number of nitrogens with zero attached hydrogens (tertiary/aromatic N) is 3. The summed E-state index contributed by atoms with van der Waals surface area (Å²) in [5.74, 6) is 0.368. The molecule has 36 heavy (non-hydrogen) atoms. The summed E-state index contributed by atoms with van der Waals surface area (Å²) in [6, 6.07) is 27.9. The zero-order chi connectivity index (χ0) is 25.1. The molecule has 0 atom stereocenters. The van der Waals surface area contributed by atoms with Crippen LogP contribution < -0.4 is 5.32 Å². The summed E-state index contributed by atoms with van der Waals surface area (Å²) in [5.41, 5.74) is 6.94. The van der Waals surface area contributed by atoms with E-state index in [2.05, 4.69) is 36.5 Å². The number of ether oxygens (including phenoxy) is 1. The normalized spacial score (nSPS) is 11.0. The standard InChI is InChI=1S/C30H28N4O2/c1-4-21-11-10-12-22(18-21)27-19-29(32-26-16-9-7-14-24(26)30(35)36-5-2)34(33-27)28-17-20(3)31-25-15-8-6-13-23(25)28/h6-19,32H,4-5H2,1-3H3. The third kappa shape index (κ3) is 4.58. The lowest BCUT2D eigenvalue weighted by atomic mass is 10.1. The highest BCUT2D eigenvalue weighted by Crippen LogP contribution is 2.32. The first kappa shape index (κ1) is 23.3. The van der Waals surface area contributed by atoms with Gasteiger partial charge in [-0.25, -0.2) is 9.48 Å². The zero-order valence-corrected chi connectivity index (χ0v) is 20.7. The van der Waals surface area contributed by atoms with Crippen LogP contribution in [0.4, 0.5) is 11.5 Å². The highest BCUT2D eigenvalue weighted by atomic mass is 16.5. The van der Waals surface area contributed by atoms with Crippen LogP contribution in [0.25, 0.3) is 27.8 Å². The van der Waals surface area contributed by atoms with E-state index in [1.807, 2.05) is 66.2 Å². The van der Waals surface area contributed by atoms with Crippen LogP contribution in [0, 0.1) is 6.92 Å². The van der Waals surface area contributed by atoms with Gasteiger partial charge in [-0.1, -0.05) is 55.5 Å². The summed E-state index contributed by atoms with van der Waals surface area (Å²) < 4.78 is 7.18. The SMILES string of the molecule is CCOC(=O)c1ccccc1Nc1cc(-c2cccc(CC)c2)nn1-c1cc(C)nc2ccccc12. The molecular formula is C30H28N4O2. The number of aromatic nitrogens is 3. The summed E-state index contributed by atoms with van der Waals surface area (Å²) in [6.07, 6.45) is 0.945. The van der Waals surface area contributed by atoms with E-state index in [0.29, 0.717) is 17.9 Å². The molecule has 0 bridgehead atoms. The quantitative estimate of drug-likeness (QED) is 0.259. The minimum atomic E-state index is -0.368. The Morgan fingerprint density at radius 3 is 2.58 bits per heavy atom. The third-order valence-electron chi connectivity index (χ3n) is 6.08. The van der Waals surface area contributed by atoms with Gasteiger partial charge in [0.05, 0.1) is 34.8 Å². The molecule has 1 N–H and O–H groups in total. The van der Waals surface area contributed by atoms with Gasteiger partial charge in [0, 0.05) is 22.7 Å². The van der Waals surface area contributed by atoms with Crippen LogP contribution in [0.1, 0.15) is 35.5 Å². The molecule has 2 aromatic heterocycles. The number of para-hydroxylation sites is 2. The van der Waals surface area contributed by atoms with Crippen LogP contribution in [0.3, 0.4) is 0 Å². The summed E-state index contributed by atoms with van der Waals surface area (Å²) in [5, 5.41) is 9.48. The molecule has 0 aliphatic carbocycles. The van der Waals surface area contributed by atoms with Gasteiger partial charge in [-0.2, -0.15) is 5.10 Å². The molecule has 0 saturated carbocycles. The van der Waals surface area contributed by atoms with Gasteiger partial charge in [-0.15, -0.1) is 0 Å². The van der Waals surface area contributed by atoms with E-state index in [0.717, 1.165) is 45.8 Å². The number of nitrogens with one attached hydrogen (secondary N) is 1. The number of rotatable bonds is 7. The van der Waals surface area contributed by atoms with Crippen molar-refractivity contribution in [2.45, 2.75) is 27.2 Å². The average molecular weight is 477 g/mol. The van der Waals surface area contributed by atoms with Gasteiger partial charge in [0.1, 0.15) is 5.82 Å². The topological polar surface area (TPSA) is 69.0 Å². The monoisotopic (exact) mass is 476 g/mol. The van der Waals surface area contributed by atoms with Crippen molar-refractivity contribution in [2.24, 2.45) is 0 Å². The number of hydrogen-bond acceptors (Lipinski definition) is 5. The first-order chi connectivity index (χ1) is 17.6. The highest BCUT2D eigenvalue weighted by molar-refractivity contribution is 5.96. The Balaban J connectivity index is 1.69. The third-order valence-corrected chi connectivity index (χ3v) is 6.08. The lowest BCUT2D eigenvalue weighted by Gasteiger charge is -2.14. The molecule has 5 rings (SSSR count). The van der Waals surface area contributed by atoms with E-state index < -0.39 is 0 Å². The predicted molar refractivity (Wildman–Crippen MR) is 144 cm³/mol. The molecule has 6 nitrogen and oxygen atoms in total. The second-order valence-electron chi connectivity index (χ2n) is 8.57. The number of aryl methyl sites for hydroxylation is 2. The maximum atomic E-state index is 12.6. The fourth-order valence-corrected chi connectivity index (χ4v) is 4.32. The Hall–Kier alpha value is -4.45. The second kappa shape index (κ2) is 10.0. The molecule has 3 aromatic carbocycles. The molecule has 0 aliphatic rings. The van der Waals surface area contributed by atoms with Crippen molar-refractivity contribution >= 4 is 28.4 Å². The minimum absolute atomic E-state index is 0.311. The Labute approximate surface area is 210 Å². The minimum Gasteiger partial charge on any atom is -0.462 e. The summed E-state index contributed by atoms with van der Waals surface area (Å²) in [7, 11) is 0. The molecule has 180 valence electrons. The van der Waals surface area contributed by atoms with Crippen molar-refractivity contribution in [1.82, 2.24) is 14.8 Å². The predicted octanol–water partition coefficient (Wildman–Crippen LogP) is 6.88. The van der Waals surface area contributed by atoms with Crippen molar-refractivity contribution in [3.05, 3.63) is 102 Å². The number of anilines is 2. The first-order valence-electron chi connectivity index (χ1n) is 12.2. The number of hydrogen-bond donors (Lipinski definition) is 1. The number of carbonyl (C=O) groups excluding carboxylic acids is 1. The van der Waals surface area contributed by atoms with E-state index in [4.69, 9.17) is 14.8 Å². The Bertz CT molecular complexity index is 1550. The van der Waals surface area contributed by atoms with Crippen LogP contribution in [0.2, 0.25) is 0 Å². The Morgan fingerprint density at radius 2 is 1.75 bits per heavy atom. The van der Waals surface area contributed by atoms with Crippen molar-refractivity contribution < 1.29 is 9.53 Å². The van der Waals surface area contributed by atoms with Crippen molar-refractivity contribution in [3.63, 3.8) is 0 Å². The fraction of sp³-hybridized carbons (Fsp3) is 0.167. The number of carbonyl (C=O) groups is 1. The van der Waals surface area contributed by atoms with E-state index in [-0.39, 0.29) is 5.97 Å². The van der Waals surface area contributed by atoms with E-state index in [9.17, 15) is 4.79 Å². The van der Waals surface area contributed by atoms with Gasteiger partial charge in [0.15, 0.2) is 0 Å². The fourth-order valence-electron chi connectivity index (χ4n) is 4.32. The second-order valence-corrected chi connectivity index (χ2v) is 8.57. The summed E-state index contributed by atoms with van der Waals surface area (Å²) in [4.78, 5) is 17.3. The molecular weight excluding hydrogens is 448 g/mol. The smallest absolute Gasteiger partial charge is 0.340 e. The first-order valence-corrected chi connectivity index (χ1v) is 12.2. The number of pyridine rings is 1. The number of fused-ring (bicyclic) bond motifs is 1. The molecule has 2 heterocycles. The highest BCUT2D eigenvalue weighted by Gasteiger charge is 2.18. The molecule has 5 aromatic rings. The van der Waals surface area contributed by atoms with Crippen molar-refractivity contribution in [3.8, 4) is 16.9 Å². The van der Waals surface area contributed by atoms with Crippen LogP contribution in [-0.4, -0.2) is 27.3 Å². The molecule has 6 heteroatoms.